The number of nitriles is 1. The van der Waals surface area contributed by atoms with Crippen LogP contribution < -0.4 is 15.4 Å². The van der Waals surface area contributed by atoms with E-state index in [0.29, 0.717) is 52.2 Å². The van der Waals surface area contributed by atoms with Crippen LogP contribution in [0.5, 0.6) is 5.75 Å². The first kappa shape index (κ1) is 22.1. The number of aromatic nitrogens is 2. The molecule has 4 rings (SSSR count). The SMILES string of the molecule is CSC(=Nc1cc2c(Nc3ccc(F)c(Cl)c3)ncnc2cc1OC1CCOC1)NC#N. The summed E-state index contributed by atoms with van der Waals surface area (Å²) >= 11 is 7.20. The van der Waals surface area contributed by atoms with Crippen LogP contribution in [-0.4, -0.2) is 40.7 Å². The number of anilines is 2. The van der Waals surface area contributed by atoms with Crippen LogP contribution in [0.15, 0.2) is 41.7 Å². The number of amidine groups is 1. The molecule has 2 aromatic carbocycles. The van der Waals surface area contributed by atoms with Crippen molar-refractivity contribution >= 4 is 56.6 Å². The molecular weight excluding hydrogens is 455 g/mol. The van der Waals surface area contributed by atoms with E-state index in [1.165, 1.54) is 30.2 Å². The highest BCUT2D eigenvalue weighted by Gasteiger charge is 2.20. The fourth-order valence-electron chi connectivity index (χ4n) is 3.13. The van der Waals surface area contributed by atoms with Crippen LogP contribution >= 0.6 is 23.4 Å². The number of nitrogens with one attached hydrogen (secondary N) is 2. The van der Waals surface area contributed by atoms with Crippen LogP contribution in [0, 0.1) is 17.3 Å². The lowest BCUT2D eigenvalue weighted by atomic mass is 10.2. The molecule has 164 valence electrons. The van der Waals surface area contributed by atoms with E-state index in [1.54, 1.807) is 18.2 Å². The van der Waals surface area contributed by atoms with E-state index in [4.69, 9.17) is 26.3 Å². The van der Waals surface area contributed by atoms with Crippen molar-refractivity contribution in [3.63, 3.8) is 0 Å². The van der Waals surface area contributed by atoms with Gasteiger partial charge in [0.25, 0.3) is 0 Å². The van der Waals surface area contributed by atoms with E-state index < -0.39 is 5.82 Å². The monoisotopic (exact) mass is 472 g/mol. The molecule has 8 nitrogen and oxygen atoms in total. The van der Waals surface area contributed by atoms with Crippen molar-refractivity contribution in [3.05, 3.63) is 47.5 Å². The zero-order valence-electron chi connectivity index (χ0n) is 16.9. The minimum atomic E-state index is -0.506. The molecule has 0 radical (unpaired) electrons. The van der Waals surface area contributed by atoms with Gasteiger partial charge in [-0.1, -0.05) is 23.4 Å². The first-order chi connectivity index (χ1) is 15.6. The molecule has 0 bridgehead atoms. The van der Waals surface area contributed by atoms with Crippen molar-refractivity contribution in [2.75, 3.05) is 24.8 Å². The van der Waals surface area contributed by atoms with Crippen molar-refractivity contribution in [1.82, 2.24) is 15.3 Å². The molecule has 1 saturated heterocycles. The predicted molar refractivity (Wildman–Crippen MR) is 123 cm³/mol. The Morgan fingerprint density at radius 3 is 2.97 bits per heavy atom. The molecule has 0 saturated carbocycles. The number of benzene rings is 2. The van der Waals surface area contributed by atoms with Crippen molar-refractivity contribution in [1.29, 1.82) is 5.26 Å². The van der Waals surface area contributed by atoms with Gasteiger partial charge in [-0.2, -0.15) is 5.26 Å². The number of rotatable bonds is 5. The van der Waals surface area contributed by atoms with E-state index in [0.717, 1.165) is 6.42 Å². The quantitative estimate of drug-likeness (QED) is 0.237. The van der Waals surface area contributed by atoms with Gasteiger partial charge in [-0.3, -0.25) is 5.32 Å². The molecule has 1 aliphatic heterocycles. The fourth-order valence-corrected chi connectivity index (χ4v) is 3.65. The molecular formula is C21H18ClFN6O2S. The van der Waals surface area contributed by atoms with Crippen molar-refractivity contribution in [2.45, 2.75) is 12.5 Å². The van der Waals surface area contributed by atoms with E-state index in [1.807, 2.05) is 12.4 Å². The van der Waals surface area contributed by atoms with Gasteiger partial charge in [-0.15, -0.1) is 0 Å². The van der Waals surface area contributed by atoms with Crippen LogP contribution in [0.2, 0.25) is 5.02 Å². The van der Waals surface area contributed by atoms with Crippen LogP contribution in [0.4, 0.5) is 21.6 Å². The molecule has 1 atom stereocenters. The largest absolute Gasteiger partial charge is 0.486 e. The molecule has 1 aliphatic rings. The summed E-state index contributed by atoms with van der Waals surface area (Å²) in [5.41, 5.74) is 1.70. The van der Waals surface area contributed by atoms with Crippen LogP contribution in [-0.2, 0) is 4.74 Å². The highest BCUT2D eigenvalue weighted by molar-refractivity contribution is 8.13. The van der Waals surface area contributed by atoms with Crippen molar-refractivity contribution < 1.29 is 13.9 Å². The minimum Gasteiger partial charge on any atom is -0.486 e. The summed E-state index contributed by atoms with van der Waals surface area (Å²) in [6.07, 6.45) is 5.79. The molecule has 32 heavy (non-hydrogen) atoms. The summed E-state index contributed by atoms with van der Waals surface area (Å²) in [6, 6.07) is 7.88. The van der Waals surface area contributed by atoms with Crippen LogP contribution in [0.1, 0.15) is 6.42 Å². The van der Waals surface area contributed by atoms with E-state index in [9.17, 15) is 4.39 Å². The summed E-state index contributed by atoms with van der Waals surface area (Å²) in [7, 11) is 0. The Bertz CT molecular complexity index is 1210. The third kappa shape index (κ3) is 5.02. The van der Waals surface area contributed by atoms with Gasteiger partial charge in [0.15, 0.2) is 11.4 Å². The first-order valence-electron chi connectivity index (χ1n) is 9.60. The molecule has 0 amide bonds. The Hall–Kier alpha value is -3.13. The average Bonchev–Trinajstić information content (AvgIpc) is 3.30. The zero-order valence-corrected chi connectivity index (χ0v) is 18.5. The first-order valence-corrected chi connectivity index (χ1v) is 11.2. The molecule has 0 aliphatic carbocycles. The molecule has 3 aromatic rings. The van der Waals surface area contributed by atoms with Crippen molar-refractivity contribution in [3.8, 4) is 11.9 Å². The van der Waals surface area contributed by atoms with Gasteiger partial charge in [-0.25, -0.2) is 19.4 Å². The Kier molecular flexibility index (Phi) is 6.90. The molecule has 0 spiro atoms. The van der Waals surface area contributed by atoms with Gasteiger partial charge in [0.05, 0.1) is 23.8 Å². The maximum absolute atomic E-state index is 13.5. The Morgan fingerprint density at radius 2 is 2.25 bits per heavy atom. The van der Waals surface area contributed by atoms with Gasteiger partial charge in [0, 0.05) is 23.6 Å². The van der Waals surface area contributed by atoms with E-state index in [-0.39, 0.29) is 11.1 Å². The second-order valence-corrected chi connectivity index (χ2v) is 7.98. The molecule has 2 N–H and O–H groups in total. The number of thioether (sulfide) groups is 1. The normalized spacial score (nSPS) is 16.1. The molecule has 2 heterocycles. The number of halogens is 2. The topological polar surface area (TPSA) is 104 Å². The highest BCUT2D eigenvalue weighted by atomic mass is 35.5. The third-order valence-corrected chi connectivity index (χ3v) is 5.53. The number of fused-ring (bicyclic) bond motifs is 1. The maximum atomic E-state index is 13.5. The van der Waals surface area contributed by atoms with Crippen molar-refractivity contribution in [2.24, 2.45) is 4.99 Å². The molecule has 1 unspecified atom stereocenters. The molecule has 1 fully saturated rings. The number of aliphatic imine (C=N–C) groups is 1. The summed E-state index contributed by atoms with van der Waals surface area (Å²) in [6.45, 7) is 1.13. The van der Waals surface area contributed by atoms with Crippen LogP contribution in [0.25, 0.3) is 10.9 Å². The lowest BCUT2D eigenvalue weighted by Gasteiger charge is -2.16. The maximum Gasteiger partial charge on any atom is 0.183 e. The Morgan fingerprint density at radius 1 is 1.38 bits per heavy atom. The van der Waals surface area contributed by atoms with E-state index >= 15 is 0 Å². The summed E-state index contributed by atoms with van der Waals surface area (Å²) < 4.78 is 25.1. The summed E-state index contributed by atoms with van der Waals surface area (Å²) in [4.78, 5) is 13.2. The average molecular weight is 473 g/mol. The van der Waals surface area contributed by atoms with Gasteiger partial charge >= 0.3 is 0 Å². The second-order valence-electron chi connectivity index (χ2n) is 6.77. The van der Waals surface area contributed by atoms with Crippen LogP contribution in [0.3, 0.4) is 0 Å². The number of ether oxygens (including phenoxy) is 2. The molecule has 1 aromatic heterocycles. The molecule has 11 heteroatoms. The van der Waals surface area contributed by atoms with Gasteiger partial charge in [-0.05, 0) is 30.5 Å². The zero-order chi connectivity index (χ0) is 22.5. The minimum absolute atomic E-state index is 0.000287. The summed E-state index contributed by atoms with van der Waals surface area (Å²) in [5, 5.41) is 15.8. The fraction of sp³-hybridized carbons (Fsp3) is 0.238. The lowest BCUT2D eigenvalue weighted by molar-refractivity contribution is 0.142. The standard InChI is InChI=1S/C21H18ClFN6O2S/c1-32-21(25-10-24)29-18-7-14-17(8-19(18)31-13-4-5-30-9-13)26-11-27-20(14)28-12-2-3-16(23)15(22)6-12/h2-3,6-8,11,13H,4-5,9H2,1H3,(H,25,29)(H,26,27,28). The van der Waals surface area contributed by atoms with E-state index in [2.05, 4.69) is 25.6 Å². The Labute approximate surface area is 192 Å². The second kappa shape index (κ2) is 9.99. The van der Waals surface area contributed by atoms with Gasteiger partial charge in [0.2, 0.25) is 0 Å². The number of hydrogen-bond donors (Lipinski definition) is 2. The third-order valence-electron chi connectivity index (χ3n) is 4.66. The summed E-state index contributed by atoms with van der Waals surface area (Å²) in [5.74, 6) is 0.506. The smallest absolute Gasteiger partial charge is 0.183 e. The van der Waals surface area contributed by atoms with Gasteiger partial charge in [0.1, 0.15) is 35.5 Å². The predicted octanol–water partition coefficient (Wildman–Crippen LogP) is 4.75. The van der Waals surface area contributed by atoms with Gasteiger partial charge < -0.3 is 14.8 Å². The number of nitrogens with zero attached hydrogens (tertiary/aromatic N) is 4. The Balaban J connectivity index is 1.78. The lowest BCUT2D eigenvalue weighted by Crippen LogP contribution is -2.16. The highest BCUT2D eigenvalue weighted by Crippen LogP contribution is 2.37. The number of hydrogen-bond acceptors (Lipinski definition) is 8.